The lowest BCUT2D eigenvalue weighted by Crippen LogP contribution is -2.33. The van der Waals surface area contributed by atoms with Crippen molar-refractivity contribution in [3.8, 4) is 0 Å². The molecule has 0 spiro atoms. The lowest BCUT2D eigenvalue weighted by molar-refractivity contribution is -0.122. The molecule has 10 nitrogen and oxygen atoms in total. The monoisotopic (exact) mass is 600 g/mol. The van der Waals surface area contributed by atoms with E-state index >= 15 is 0 Å². The van der Waals surface area contributed by atoms with Gasteiger partial charge in [-0.3, -0.25) is 28.7 Å². The van der Waals surface area contributed by atoms with E-state index in [1.807, 2.05) is 12.1 Å². The van der Waals surface area contributed by atoms with E-state index in [2.05, 4.69) is 10.3 Å². The lowest BCUT2D eigenvalue weighted by atomic mass is 9.84. The number of nitrogens with one attached hydrogen (secondary N) is 1. The van der Waals surface area contributed by atoms with Gasteiger partial charge >= 0.3 is 10.8 Å². The number of hydrogen-bond donors (Lipinski definition) is 1. The number of amides is 3. The maximum Gasteiger partial charge on any atom is 0.338 e. The van der Waals surface area contributed by atoms with Crippen molar-refractivity contribution in [3.05, 3.63) is 105 Å². The smallest absolute Gasteiger partial charge is 0.338 e. The summed E-state index contributed by atoms with van der Waals surface area (Å²) in [5.74, 6) is -2.94. The second-order valence-electron chi connectivity index (χ2n) is 9.65. The van der Waals surface area contributed by atoms with Gasteiger partial charge in [0.2, 0.25) is 17.7 Å². The molecule has 4 heterocycles. The van der Waals surface area contributed by atoms with Crippen molar-refractivity contribution in [1.29, 1.82) is 0 Å². The molecule has 1 N–H and O–H groups in total. The molecule has 2 aromatic heterocycles. The van der Waals surface area contributed by atoms with Crippen molar-refractivity contribution in [1.82, 2.24) is 9.55 Å². The molecule has 2 aromatic carbocycles. The van der Waals surface area contributed by atoms with Gasteiger partial charge in [-0.05, 0) is 55.0 Å². The first-order valence-electron chi connectivity index (χ1n) is 13.2. The maximum absolute atomic E-state index is 13.8. The van der Waals surface area contributed by atoms with Gasteiger partial charge in [0.15, 0.2) is 0 Å². The standard InChI is InChI=1S/C30H24N4O6S2/c1-2-40-29(38)17-10-12-19(13-11-17)32-21(35)16-33-28-25(42-30(33)39)22(18-7-6-14-31-15-18)23-24(41-28)27(37)34(26(23)36)20-8-4-3-5-9-20/h3-15,22-24H,2,16H2,1H3,(H,32,35). The van der Waals surface area contributed by atoms with Crippen molar-refractivity contribution in [2.75, 3.05) is 16.8 Å². The van der Waals surface area contributed by atoms with E-state index in [-0.39, 0.29) is 29.8 Å². The Kier molecular flexibility index (Phi) is 7.48. The van der Waals surface area contributed by atoms with Crippen LogP contribution in [0.25, 0.3) is 0 Å². The highest BCUT2D eigenvalue weighted by molar-refractivity contribution is 8.00. The average Bonchev–Trinajstić information content (AvgIpc) is 3.44. The number of pyridine rings is 1. The fourth-order valence-electron chi connectivity index (χ4n) is 5.25. The van der Waals surface area contributed by atoms with Crippen LogP contribution in [-0.4, -0.2) is 45.1 Å². The van der Waals surface area contributed by atoms with Gasteiger partial charge in [-0.15, -0.1) is 0 Å². The highest BCUT2D eigenvalue weighted by Gasteiger charge is 2.56. The normalized spacial score (nSPS) is 19.3. The van der Waals surface area contributed by atoms with Crippen LogP contribution < -0.4 is 15.1 Å². The Morgan fingerprint density at radius 2 is 1.74 bits per heavy atom. The van der Waals surface area contributed by atoms with Crippen LogP contribution >= 0.6 is 23.1 Å². The fraction of sp³-hybridized carbons (Fsp3) is 0.200. The first-order chi connectivity index (χ1) is 20.4. The fourth-order valence-corrected chi connectivity index (χ4v) is 8.03. The second-order valence-corrected chi connectivity index (χ2v) is 11.8. The summed E-state index contributed by atoms with van der Waals surface area (Å²) in [7, 11) is 0. The summed E-state index contributed by atoms with van der Waals surface area (Å²) >= 11 is 2.12. The Hall–Kier alpha value is -4.55. The molecule has 3 atom stereocenters. The number of para-hydroxylation sites is 1. The lowest BCUT2D eigenvalue weighted by Gasteiger charge is -2.30. The molecule has 0 saturated carbocycles. The molecular weight excluding hydrogens is 576 g/mol. The Balaban J connectivity index is 1.32. The molecule has 42 heavy (non-hydrogen) atoms. The van der Waals surface area contributed by atoms with Gasteiger partial charge in [0, 0.05) is 28.9 Å². The number of anilines is 2. The Morgan fingerprint density at radius 1 is 0.976 bits per heavy atom. The number of esters is 1. The summed E-state index contributed by atoms with van der Waals surface area (Å²) in [5, 5.41) is 2.46. The number of benzene rings is 2. The number of aromatic nitrogens is 2. The van der Waals surface area contributed by atoms with Gasteiger partial charge in [-0.1, -0.05) is 47.4 Å². The summed E-state index contributed by atoms with van der Waals surface area (Å²) in [4.78, 5) is 71.5. The number of nitrogens with zero attached hydrogens (tertiary/aromatic N) is 3. The number of hydrogen-bond acceptors (Lipinski definition) is 9. The van der Waals surface area contributed by atoms with Crippen molar-refractivity contribution < 1.29 is 23.9 Å². The summed E-state index contributed by atoms with van der Waals surface area (Å²) in [6.45, 7) is 1.68. The first-order valence-corrected chi connectivity index (χ1v) is 14.9. The third kappa shape index (κ3) is 4.92. The molecular formula is C30H24N4O6S2. The van der Waals surface area contributed by atoms with Crippen LogP contribution in [0.4, 0.5) is 11.4 Å². The molecule has 12 heteroatoms. The minimum Gasteiger partial charge on any atom is -0.462 e. The zero-order valence-electron chi connectivity index (χ0n) is 22.3. The zero-order chi connectivity index (χ0) is 29.4. The SMILES string of the molecule is CCOC(=O)c1ccc(NC(=O)Cn2c3c(sc2=O)C(c2cccnc2)C2C(=O)N(c4ccccc4)C(=O)C2S3)cc1. The number of thioether (sulfide) groups is 1. The number of ether oxygens (including phenoxy) is 1. The highest BCUT2D eigenvalue weighted by atomic mass is 32.2. The van der Waals surface area contributed by atoms with Gasteiger partial charge < -0.3 is 10.1 Å². The van der Waals surface area contributed by atoms with E-state index in [0.29, 0.717) is 32.4 Å². The minimum absolute atomic E-state index is 0.252. The molecule has 0 aliphatic carbocycles. The third-order valence-electron chi connectivity index (χ3n) is 7.09. The first kappa shape index (κ1) is 27.6. The molecule has 2 aliphatic rings. The number of rotatable bonds is 7. The van der Waals surface area contributed by atoms with Gasteiger partial charge in [-0.2, -0.15) is 0 Å². The summed E-state index contributed by atoms with van der Waals surface area (Å²) in [6.07, 6.45) is 3.26. The predicted molar refractivity (Wildman–Crippen MR) is 158 cm³/mol. The largest absolute Gasteiger partial charge is 0.462 e. The Labute approximate surface area is 248 Å². The van der Waals surface area contributed by atoms with Gasteiger partial charge in [0.1, 0.15) is 11.8 Å². The minimum atomic E-state index is -0.783. The molecule has 0 bridgehead atoms. The van der Waals surface area contributed by atoms with E-state index < -0.39 is 29.0 Å². The van der Waals surface area contributed by atoms with Crippen LogP contribution in [0.2, 0.25) is 0 Å². The van der Waals surface area contributed by atoms with Crippen LogP contribution in [0.15, 0.2) is 88.9 Å². The van der Waals surface area contributed by atoms with Gasteiger partial charge in [-0.25, -0.2) is 9.69 Å². The van der Waals surface area contributed by atoms with Gasteiger partial charge in [0.05, 0.1) is 28.8 Å². The highest BCUT2D eigenvalue weighted by Crippen LogP contribution is 2.53. The zero-order valence-corrected chi connectivity index (χ0v) is 23.9. The maximum atomic E-state index is 13.8. The predicted octanol–water partition coefficient (Wildman–Crippen LogP) is 3.92. The van der Waals surface area contributed by atoms with Crippen molar-refractivity contribution in [3.63, 3.8) is 0 Å². The van der Waals surface area contributed by atoms with Crippen LogP contribution in [0.5, 0.6) is 0 Å². The number of thiazole rings is 1. The average molecular weight is 601 g/mol. The summed E-state index contributed by atoms with van der Waals surface area (Å²) in [6, 6.07) is 18.6. The van der Waals surface area contributed by atoms with E-state index in [0.717, 1.165) is 23.1 Å². The van der Waals surface area contributed by atoms with Crippen molar-refractivity contribution in [2.24, 2.45) is 5.92 Å². The number of carbonyl (C=O) groups is 4. The Morgan fingerprint density at radius 3 is 2.43 bits per heavy atom. The molecule has 2 aliphatic heterocycles. The molecule has 6 rings (SSSR count). The molecule has 3 amide bonds. The van der Waals surface area contributed by atoms with Crippen LogP contribution in [-0.2, 0) is 25.7 Å². The van der Waals surface area contributed by atoms with E-state index in [9.17, 15) is 24.0 Å². The third-order valence-corrected chi connectivity index (χ3v) is 9.69. The van der Waals surface area contributed by atoms with Crippen LogP contribution in [0.3, 0.4) is 0 Å². The van der Waals surface area contributed by atoms with E-state index in [1.54, 1.807) is 73.9 Å². The van der Waals surface area contributed by atoms with Crippen molar-refractivity contribution >= 4 is 58.2 Å². The molecule has 4 aromatic rings. The van der Waals surface area contributed by atoms with E-state index in [4.69, 9.17) is 4.74 Å². The number of carbonyl (C=O) groups excluding carboxylic acids is 4. The number of fused-ring (bicyclic) bond motifs is 2. The molecule has 3 unspecified atom stereocenters. The van der Waals surface area contributed by atoms with Crippen LogP contribution in [0.1, 0.15) is 33.6 Å². The second kappa shape index (κ2) is 11.4. The molecule has 1 saturated heterocycles. The molecule has 212 valence electrons. The van der Waals surface area contributed by atoms with E-state index in [1.165, 1.54) is 9.47 Å². The Bertz CT molecular complexity index is 1740. The van der Waals surface area contributed by atoms with Gasteiger partial charge in [0.25, 0.3) is 0 Å². The molecule has 1 fully saturated rings. The summed E-state index contributed by atoms with van der Waals surface area (Å²) in [5.41, 5.74) is 2.00. The number of imide groups is 1. The van der Waals surface area contributed by atoms with Crippen LogP contribution in [0, 0.1) is 5.92 Å². The summed E-state index contributed by atoms with van der Waals surface area (Å²) < 4.78 is 6.34. The molecule has 0 radical (unpaired) electrons. The quantitative estimate of drug-likeness (QED) is 0.250. The van der Waals surface area contributed by atoms with Crippen molar-refractivity contribution in [2.45, 2.75) is 29.7 Å². The topological polar surface area (TPSA) is 128 Å².